The number of carbonyl (C=O) groups is 2. The standard InChI is InChI=1S/C15H19NO5S2/c17-14(16-8-12-4-2-1-3-5-12)9-21-15(18)10-22-13-6-7-23(19,20)11-13/h1-5,13H,6-11H2,(H,16,17)/t13-/m1/s1. The molecule has 8 heteroatoms. The number of amides is 1. The molecule has 1 atom stereocenters. The lowest BCUT2D eigenvalue weighted by Gasteiger charge is -2.08. The van der Waals surface area contributed by atoms with Crippen molar-refractivity contribution in [1.82, 2.24) is 5.32 Å². The van der Waals surface area contributed by atoms with Crippen molar-refractivity contribution in [3.8, 4) is 0 Å². The van der Waals surface area contributed by atoms with Gasteiger partial charge in [0, 0.05) is 11.8 Å². The number of thioether (sulfide) groups is 1. The van der Waals surface area contributed by atoms with E-state index in [0.717, 1.165) is 5.56 Å². The summed E-state index contributed by atoms with van der Waals surface area (Å²) in [6.07, 6.45) is 0.567. The predicted octanol–water partition coefficient (Wildman–Crippen LogP) is 0.766. The summed E-state index contributed by atoms with van der Waals surface area (Å²) in [5.74, 6) is -0.513. The largest absolute Gasteiger partial charge is 0.455 e. The number of hydrogen-bond donors (Lipinski definition) is 1. The molecule has 1 heterocycles. The van der Waals surface area contributed by atoms with Crippen molar-refractivity contribution in [3.63, 3.8) is 0 Å². The fraction of sp³-hybridized carbons (Fsp3) is 0.467. The van der Waals surface area contributed by atoms with Gasteiger partial charge in [0.15, 0.2) is 16.4 Å². The molecule has 0 spiro atoms. The smallest absolute Gasteiger partial charge is 0.316 e. The number of nitrogens with one attached hydrogen (secondary N) is 1. The lowest BCUT2D eigenvalue weighted by molar-refractivity contribution is -0.145. The van der Waals surface area contributed by atoms with Crippen molar-refractivity contribution in [2.75, 3.05) is 23.9 Å². The molecule has 0 radical (unpaired) electrons. The fourth-order valence-electron chi connectivity index (χ4n) is 2.11. The highest BCUT2D eigenvalue weighted by atomic mass is 32.2. The van der Waals surface area contributed by atoms with Crippen LogP contribution in [0.4, 0.5) is 0 Å². The highest BCUT2D eigenvalue weighted by molar-refractivity contribution is 8.02. The predicted molar refractivity (Wildman–Crippen MR) is 88.8 cm³/mol. The van der Waals surface area contributed by atoms with Crippen LogP contribution in [0.1, 0.15) is 12.0 Å². The molecule has 1 aromatic carbocycles. The molecule has 0 saturated carbocycles. The van der Waals surface area contributed by atoms with E-state index in [9.17, 15) is 18.0 Å². The topological polar surface area (TPSA) is 89.5 Å². The van der Waals surface area contributed by atoms with E-state index in [-0.39, 0.29) is 35.0 Å². The second-order valence-electron chi connectivity index (χ2n) is 5.26. The summed E-state index contributed by atoms with van der Waals surface area (Å²) in [7, 11) is -2.94. The van der Waals surface area contributed by atoms with Crippen LogP contribution in [0.3, 0.4) is 0 Å². The summed E-state index contributed by atoms with van der Waals surface area (Å²) in [5, 5.41) is 2.60. The molecule has 1 amide bonds. The fourth-order valence-corrected chi connectivity index (χ4v) is 5.55. The van der Waals surface area contributed by atoms with Gasteiger partial charge in [-0.3, -0.25) is 9.59 Å². The van der Waals surface area contributed by atoms with Crippen molar-refractivity contribution >= 4 is 33.5 Å². The third kappa shape index (κ3) is 6.62. The summed E-state index contributed by atoms with van der Waals surface area (Å²) in [6.45, 7) is 0.0566. The maximum absolute atomic E-state index is 11.6. The molecule has 1 fully saturated rings. The van der Waals surface area contributed by atoms with Gasteiger partial charge in [-0.1, -0.05) is 30.3 Å². The molecule has 126 valence electrons. The number of hydrogen-bond acceptors (Lipinski definition) is 6. The zero-order valence-electron chi connectivity index (χ0n) is 12.6. The molecule has 1 saturated heterocycles. The van der Waals surface area contributed by atoms with Gasteiger partial charge in [0.05, 0.1) is 17.3 Å². The summed E-state index contributed by atoms with van der Waals surface area (Å²) in [5.41, 5.74) is 0.963. The minimum atomic E-state index is -2.94. The Morgan fingerprint density at radius 3 is 2.65 bits per heavy atom. The van der Waals surface area contributed by atoms with E-state index in [0.29, 0.717) is 13.0 Å². The summed E-state index contributed by atoms with van der Waals surface area (Å²) >= 11 is 1.27. The molecule has 2 rings (SSSR count). The Labute approximate surface area is 139 Å². The van der Waals surface area contributed by atoms with E-state index in [2.05, 4.69) is 5.32 Å². The van der Waals surface area contributed by atoms with Crippen LogP contribution in [0.15, 0.2) is 30.3 Å². The van der Waals surface area contributed by atoms with Gasteiger partial charge in [0.25, 0.3) is 5.91 Å². The molecule has 0 aromatic heterocycles. The highest BCUT2D eigenvalue weighted by Gasteiger charge is 2.28. The van der Waals surface area contributed by atoms with E-state index >= 15 is 0 Å². The normalized spacial score (nSPS) is 19.2. The first-order chi connectivity index (χ1) is 10.9. The maximum atomic E-state index is 11.6. The minimum Gasteiger partial charge on any atom is -0.455 e. The first kappa shape index (κ1) is 17.8. The molecule has 6 nitrogen and oxygen atoms in total. The summed E-state index contributed by atoms with van der Waals surface area (Å²) in [4.78, 5) is 23.2. The Bertz CT molecular complexity index is 645. The SMILES string of the molecule is O=C(COC(=O)CS[C@@H]1CCS(=O)(=O)C1)NCc1ccccc1. The van der Waals surface area contributed by atoms with Gasteiger partial charge in [-0.25, -0.2) is 8.42 Å². The van der Waals surface area contributed by atoms with Crippen molar-refractivity contribution in [2.24, 2.45) is 0 Å². The number of benzene rings is 1. The molecule has 1 aliphatic heterocycles. The van der Waals surface area contributed by atoms with Gasteiger partial charge in [-0.2, -0.15) is 0 Å². The van der Waals surface area contributed by atoms with E-state index in [1.54, 1.807) is 0 Å². The minimum absolute atomic E-state index is 0.0561. The second kappa shape index (κ2) is 8.35. The average molecular weight is 357 g/mol. The molecular weight excluding hydrogens is 338 g/mol. The van der Waals surface area contributed by atoms with Gasteiger partial charge in [0.1, 0.15) is 0 Å². The van der Waals surface area contributed by atoms with Crippen molar-refractivity contribution < 1.29 is 22.7 Å². The highest BCUT2D eigenvalue weighted by Crippen LogP contribution is 2.24. The van der Waals surface area contributed by atoms with Gasteiger partial charge >= 0.3 is 5.97 Å². The molecule has 0 aliphatic carbocycles. The summed E-state index contributed by atoms with van der Waals surface area (Å²) in [6, 6.07) is 9.42. The van der Waals surface area contributed by atoms with E-state index < -0.39 is 15.8 Å². The van der Waals surface area contributed by atoms with Gasteiger partial charge < -0.3 is 10.1 Å². The van der Waals surface area contributed by atoms with Crippen LogP contribution >= 0.6 is 11.8 Å². The van der Waals surface area contributed by atoms with E-state index in [4.69, 9.17) is 4.74 Å². The number of esters is 1. The van der Waals surface area contributed by atoms with Crippen molar-refractivity contribution in [3.05, 3.63) is 35.9 Å². The van der Waals surface area contributed by atoms with Crippen LogP contribution in [0.25, 0.3) is 0 Å². The van der Waals surface area contributed by atoms with E-state index in [1.165, 1.54) is 11.8 Å². The number of carbonyl (C=O) groups excluding carboxylic acids is 2. The molecule has 1 aromatic rings. The zero-order chi connectivity index (χ0) is 16.7. The van der Waals surface area contributed by atoms with Crippen LogP contribution in [-0.4, -0.2) is 49.4 Å². The quantitative estimate of drug-likeness (QED) is 0.725. The molecule has 0 unspecified atom stereocenters. The molecule has 0 bridgehead atoms. The van der Waals surface area contributed by atoms with Crippen LogP contribution < -0.4 is 5.32 Å². The average Bonchev–Trinajstić information content (AvgIpc) is 2.89. The molecule has 1 N–H and O–H groups in total. The number of rotatable bonds is 7. The van der Waals surface area contributed by atoms with Gasteiger partial charge in [0.2, 0.25) is 0 Å². The molecular formula is C15H19NO5S2. The lowest BCUT2D eigenvalue weighted by Crippen LogP contribution is -2.28. The third-order valence-electron chi connectivity index (χ3n) is 3.32. The Hall–Kier alpha value is -1.54. The second-order valence-corrected chi connectivity index (χ2v) is 8.78. The van der Waals surface area contributed by atoms with Gasteiger partial charge in [-0.05, 0) is 12.0 Å². The molecule has 23 heavy (non-hydrogen) atoms. The van der Waals surface area contributed by atoms with Crippen LogP contribution in [0, 0.1) is 0 Å². The number of ether oxygens (including phenoxy) is 1. The van der Waals surface area contributed by atoms with Crippen LogP contribution in [0.5, 0.6) is 0 Å². The van der Waals surface area contributed by atoms with E-state index in [1.807, 2.05) is 30.3 Å². The zero-order valence-corrected chi connectivity index (χ0v) is 14.2. The Morgan fingerprint density at radius 1 is 1.26 bits per heavy atom. The molecule has 1 aliphatic rings. The Kier molecular flexibility index (Phi) is 6.47. The lowest BCUT2D eigenvalue weighted by atomic mass is 10.2. The van der Waals surface area contributed by atoms with Crippen LogP contribution in [-0.2, 0) is 30.7 Å². The monoisotopic (exact) mass is 357 g/mol. The first-order valence-electron chi connectivity index (χ1n) is 7.23. The Morgan fingerprint density at radius 2 is 2.00 bits per heavy atom. The van der Waals surface area contributed by atoms with Gasteiger partial charge in [-0.15, -0.1) is 11.8 Å². The first-order valence-corrected chi connectivity index (χ1v) is 10.1. The summed E-state index contributed by atoms with van der Waals surface area (Å²) < 4.78 is 27.5. The van der Waals surface area contributed by atoms with Crippen molar-refractivity contribution in [1.29, 1.82) is 0 Å². The van der Waals surface area contributed by atoms with Crippen molar-refractivity contribution in [2.45, 2.75) is 18.2 Å². The number of sulfone groups is 1. The Balaban J connectivity index is 1.59. The third-order valence-corrected chi connectivity index (χ3v) is 6.58. The maximum Gasteiger partial charge on any atom is 0.316 e. The van der Waals surface area contributed by atoms with Crippen LogP contribution in [0.2, 0.25) is 0 Å².